The number of fused-ring (bicyclic) bond motifs is 2. The molecule has 5 rings (SSSR count). The van der Waals surface area contributed by atoms with E-state index in [0.29, 0.717) is 36.5 Å². The monoisotopic (exact) mass is 507 g/mol. The molecular formula is C28H28F3N5O. The lowest BCUT2D eigenvalue weighted by Crippen LogP contribution is -2.52. The molecule has 1 N–H and O–H groups in total. The highest BCUT2D eigenvalue weighted by molar-refractivity contribution is 5.86. The van der Waals surface area contributed by atoms with Gasteiger partial charge in [-0.1, -0.05) is 49.7 Å². The van der Waals surface area contributed by atoms with Crippen LogP contribution in [0.4, 0.5) is 13.2 Å². The van der Waals surface area contributed by atoms with Crippen LogP contribution in [-0.4, -0.2) is 43.4 Å². The molecule has 9 heteroatoms. The van der Waals surface area contributed by atoms with Crippen LogP contribution in [0.3, 0.4) is 0 Å². The molecule has 0 saturated heterocycles. The van der Waals surface area contributed by atoms with E-state index in [1.807, 2.05) is 41.1 Å². The molecule has 0 fully saturated rings. The van der Waals surface area contributed by atoms with Crippen molar-refractivity contribution in [3.05, 3.63) is 89.1 Å². The summed E-state index contributed by atoms with van der Waals surface area (Å²) >= 11 is 0. The Bertz CT molecular complexity index is 1450. The Morgan fingerprint density at radius 3 is 2.57 bits per heavy atom. The molecule has 0 spiro atoms. The average Bonchev–Trinajstić information content (AvgIpc) is 3.44. The molecule has 2 aromatic carbocycles. The SMILES string of the molecule is CCCc1cn2c(n1)CN(CC(O)(c1cn(Cc3ccccc3)c3cc(C#N)ccc13)C(F)(F)F)CC2. The zero-order valence-corrected chi connectivity index (χ0v) is 20.5. The Kier molecular flexibility index (Phi) is 6.56. The van der Waals surface area contributed by atoms with Crippen LogP contribution in [0.15, 0.2) is 60.9 Å². The second kappa shape index (κ2) is 9.69. The molecule has 1 aliphatic rings. The number of hydrogen-bond donors (Lipinski definition) is 1. The van der Waals surface area contributed by atoms with E-state index in [-0.39, 0.29) is 17.5 Å². The first-order chi connectivity index (χ1) is 17.7. The van der Waals surface area contributed by atoms with Gasteiger partial charge >= 0.3 is 6.18 Å². The molecule has 0 aliphatic carbocycles. The minimum Gasteiger partial charge on any atom is -0.375 e. The maximum Gasteiger partial charge on any atom is 0.422 e. The Labute approximate surface area is 213 Å². The third-order valence-electron chi connectivity index (χ3n) is 7.01. The number of nitrogens with zero attached hydrogens (tertiary/aromatic N) is 5. The number of nitriles is 1. The first-order valence-electron chi connectivity index (χ1n) is 12.4. The maximum atomic E-state index is 14.7. The molecule has 0 saturated carbocycles. The van der Waals surface area contributed by atoms with Crippen LogP contribution in [0.25, 0.3) is 10.9 Å². The number of β-amino-alcohol motifs (C(OH)–C–C–N with tert-alkyl or cyclic N) is 1. The second-order valence-electron chi connectivity index (χ2n) is 9.66. The molecule has 0 amide bonds. The number of alkyl halides is 3. The van der Waals surface area contributed by atoms with Crippen LogP contribution in [0.5, 0.6) is 0 Å². The predicted octanol–water partition coefficient (Wildman–Crippen LogP) is 4.98. The molecule has 3 heterocycles. The highest BCUT2D eigenvalue weighted by atomic mass is 19.4. The number of aryl methyl sites for hydroxylation is 1. The fourth-order valence-corrected chi connectivity index (χ4v) is 5.13. The zero-order chi connectivity index (χ0) is 26.2. The normalized spacial score (nSPS) is 15.9. The topological polar surface area (TPSA) is 70.0 Å². The van der Waals surface area contributed by atoms with Gasteiger partial charge in [0.15, 0.2) is 0 Å². The third kappa shape index (κ3) is 4.75. The molecule has 1 aliphatic heterocycles. The fraction of sp³-hybridized carbons (Fsp3) is 0.357. The van der Waals surface area contributed by atoms with Gasteiger partial charge in [-0.2, -0.15) is 18.4 Å². The number of aromatic nitrogens is 3. The molecular weight excluding hydrogens is 479 g/mol. The summed E-state index contributed by atoms with van der Waals surface area (Å²) in [5, 5.41) is 21.1. The molecule has 6 nitrogen and oxygen atoms in total. The van der Waals surface area contributed by atoms with Crippen LogP contribution < -0.4 is 0 Å². The van der Waals surface area contributed by atoms with Gasteiger partial charge in [-0.25, -0.2) is 4.98 Å². The van der Waals surface area contributed by atoms with Crippen LogP contribution in [0.2, 0.25) is 0 Å². The van der Waals surface area contributed by atoms with Gasteiger partial charge in [-0.05, 0) is 24.1 Å². The quantitative estimate of drug-likeness (QED) is 0.383. The smallest absolute Gasteiger partial charge is 0.375 e. The van der Waals surface area contributed by atoms with Gasteiger partial charge in [0.25, 0.3) is 0 Å². The molecule has 4 aromatic rings. The average molecular weight is 508 g/mol. The van der Waals surface area contributed by atoms with E-state index in [0.717, 1.165) is 24.1 Å². The summed E-state index contributed by atoms with van der Waals surface area (Å²) in [6, 6.07) is 16.0. The summed E-state index contributed by atoms with van der Waals surface area (Å²) in [5.74, 6) is 0.712. The molecule has 2 aromatic heterocycles. The number of hydrogen-bond acceptors (Lipinski definition) is 4. The van der Waals surface area contributed by atoms with E-state index in [1.165, 1.54) is 18.3 Å². The Balaban J connectivity index is 1.54. The summed E-state index contributed by atoms with van der Waals surface area (Å²) in [7, 11) is 0. The van der Waals surface area contributed by atoms with Gasteiger partial charge in [-0.3, -0.25) is 4.90 Å². The van der Waals surface area contributed by atoms with Crippen molar-refractivity contribution in [2.75, 3.05) is 13.1 Å². The number of rotatable bonds is 7. The summed E-state index contributed by atoms with van der Waals surface area (Å²) in [5.41, 5.74) is -0.678. The molecule has 1 atom stereocenters. The van der Waals surface area contributed by atoms with Crippen molar-refractivity contribution < 1.29 is 18.3 Å². The number of benzene rings is 2. The van der Waals surface area contributed by atoms with E-state index in [1.54, 1.807) is 15.5 Å². The highest BCUT2D eigenvalue weighted by Crippen LogP contribution is 2.44. The standard InChI is InChI=1S/C28H28F3N5O/c1-2-6-22-16-35-12-11-34(18-26(35)33-22)19-27(37,28(29,30)31)24-17-36(15-20-7-4-3-5-8-20)25-13-21(14-32)9-10-23(24)25/h3-5,7-10,13,16-17,37H,2,6,11-12,15,18-19H2,1H3. The Morgan fingerprint density at radius 2 is 1.86 bits per heavy atom. The third-order valence-corrected chi connectivity index (χ3v) is 7.01. The first-order valence-corrected chi connectivity index (χ1v) is 12.4. The van der Waals surface area contributed by atoms with Crippen molar-refractivity contribution in [2.45, 2.75) is 51.2 Å². The summed E-state index contributed by atoms with van der Waals surface area (Å²) in [6.07, 6.45) is 0.187. The molecule has 37 heavy (non-hydrogen) atoms. The number of aliphatic hydroxyl groups is 1. The Hall–Kier alpha value is -3.61. The van der Waals surface area contributed by atoms with Crippen molar-refractivity contribution >= 4 is 10.9 Å². The number of halogens is 3. The minimum absolute atomic E-state index is 0.212. The lowest BCUT2D eigenvalue weighted by Gasteiger charge is -2.37. The number of imidazole rings is 1. The first kappa shape index (κ1) is 25.1. The lowest BCUT2D eigenvalue weighted by atomic mass is 9.91. The van der Waals surface area contributed by atoms with Crippen LogP contribution in [0.1, 0.15) is 41.6 Å². The van der Waals surface area contributed by atoms with Gasteiger partial charge in [0.1, 0.15) is 5.82 Å². The van der Waals surface area contributed by atoms with Crippen molar-refractivity contribution in [3.8, 4) is 6.07 Å². The maximum absolute atomic E-state index is 14.7. The molecule has 1 unspecified atom stereocenters. The fourth-order valence-electron chi connectivity index (χ4n) is 5.13. The molecule has 192 valence electrons. The second-order valence-corrected chi connectivity index (χ2v) is 9.66. The van der Waals surface area contributed by atoms with E-state index in [9.17, 15) is 23.5 Å². The van der Waals surface area contributed by atoms with Crippen LogP contribution in [-0.2, 0) is 31.7 Å². The zero-order valence-electron chi connectivity index (χ0n) is 20.5. The van der Waals surface area contributed by atoms with Gasteiger partial charge in [0.2, 0.25) is 5.60 Å². The highest BCUT2D eigenvalue weighted by Gasteiger charge is 2.57. The predicted molar refractivity (Wildman–Crippen MR) is 134 cm³/mol. The summed E-state index contributed by atoms with van der Waals surface area (Å²) in [6.45, 7) is 2.86. The van der Waals surface area contributed by atoms with Crippen molar-refractivity contribution in [1.82, 2.24) is 19.0 Å². The van der Waals surface area contributed by atoms with Crippen LogP contribution in [0, 0.1) is 11.3 Å². The summed E-state index contributed by atoms with van der Waals surface area (Å²) < 4.78 is 47.8. The van der Waals surface area contributed by atoms with Gasteiger partial charge in [0, 0.05) is 49.5 Å². The molecule has 0 bridgehead atoms. The van der Waals surface area contributed by atoms with Crippen molar-refractivity contribution in [1.29, 1.82) is 5.26 Å². The van der Waals surface area contributed by atoms with E-state index in [2.05, 4.69) is 18.0 Å². The van der Waals surface area contributed by atoms with E-state index >= 15 is 0 Å². The molecule has 0 radical (unpaired) electrons. The van der Waals surface area contributed by atoms with Crippen LogP contribution >= 0.6 is 0 Å². The van der Waals surface area contributed by atoms with Gasteiger partial charge in [-0.15, -0.1) is 0 Å². The minimum atomic E-state index is -4.92. The largest absolute Gasteiger partial charge is 0.422 e. The van der Waals surface area contributed by atoms with Gasteiger partial charge < -0.3 is 14.2 Å². The Morgan fingerprint density at radius 1 is 1.08 bits per heavy atom. The van der Waals surface area contributed by atoms with E-state index < -0.39 is 18.3 Å². The lowest BCUT2D eigenvalue weighted by molar-refractivity contribution is -0.272. The van der Waals surface area contributed by atoms with Gasteiger partial charge in [0.05, 0.1) is 29.4 Å². The summed E-state index contributed by atoms with van der Waals surface area (Å²) in [4.78, 5) is 6.22. The van der Waals surface area contributed by atoms with E-state index in [4.69, 9.17) is 0 Å². The van der Waals surface area contributed by atoms with Crippen molar-refractivity contribution in [3.63, 3.8) is 0 Å². The van der Waals surface area contributed by atoms with Crippen molar-refractivity contribution in [2.24, 2.45) is 0 Å².